The SMILES string of the molecule is COC(=O)c1ccccc1NC(=O)c1ccccc1NC(=O)[C@H](N)Cc1ccccc1. The summed E-state index contributed by atoms with van der Waals surface area (Å²) in [4.78, 5) is 37.4. The summed E-state index contributed by atoms with van der Waals surface area (Å²) < 4.78 is 4.75. The molecule has 1 atom stereocenters. The molecule has 0 spiro atoms. The average molecular weight is 417 g/mol. The van der Waals surface area contributed by atoms with E-state index in [-0.39, 0.29) is 11.1 Å². The standard InChI is InChI=1S/C24H23N3O4/c1-31-24(30)18-12-6-8-14-21(18)26-22(28)17-11-5-7-13-20(17)27-23(29)19(25)15-16-9-3-2-4-10-16/h2-14,19H,15,25H2,1H3,(H,26,28)(H,27,29)/t19-/m1/s1. The molecule has 3 aromatic rings. The zero-order chi connectivity index (χ0) is 22.2. The summed E-state index contributed by atoms with van der Waals surface area (Å²) in [5.41, 5.74) is 8.09. The summed E-state index contributed by atoms with van der Waals surface area (Å²) >= 11 is 0. The molecule has 0 radical (unpaired) electrons. The lowest BCUT2D eigenvalue weighted by atomic mass is 10.1. The van der Waals surface area contributed by atoms with E-state index >= 15 is 0 Å². The minimum absolute atomic E-state index is 0.227. The first-order valence-corrected chi connectivity index (χ1v) is 9.67. The third kappa shape index (κ3) is 5.55. The summed E-state index contributed by atoms with van der Waals surface area (Å²) in [5, 5.41) is 5.43. The highest BCUT2D eigenvalue weighted by atomic mass is 16.5. The number of esters is 1. The molecule has 0 aliphatic rings. The van der Waals surface area contributed by atoms with Crippen molar-refractivity contribution in [2.75, 3.05) is 17.7 Å². The Morgan fingerprint density at radius 1 is 0.806 bits per heavy atom. The number of hydrogen-bond acceptors (Lipinski definition) is 5. The summed E-state index contributed by atoms with van der Waals surface area (Å²) in [6.07, 6.45) is 0.369. The quantitative estimate of drug-likeness (QED) is 0.511. The Balaban J connectivity index is 1.75. The van der Waals surface area contributed by atoms with Gasteiger partial charge in [-0.2, -0.15) is 0 Å². The molecule has 7 nitrogen and oxygen atoms in total. The largest absolute Gasteiger partial charge is 0.465 e. The van der Waals surface area contributed by atoms with Crippen LogP contribution < -0.4 is 16.4 Å². The van der Waals surface area contributed by atoms with Crippen LogP contribution in [-0.2, 0) is 16.0 Å². The van der Waals surface area contributed by atoms with Crippen LogP contribution in [0.25, 0.3) is 0 Å². The zero-order valence-corrected chi connectivity index (χ0v) is 17.0. The number of methoxy groups -OCH3 is 1. The Hall–Kier alpha value is -3.97. The van der Waals surface area contributed by atoms with Crippen LogP contribution in [0.5, 0.6) is 0 Å². The Morgan fingerprint density at radius 3 is 2.00 bits per heavy atom. The number of rotatable bonds is 7. The number of carbonyl (C=O) groups excluding carboxylic acids is 3. The number of ether oxygens (including phenoxy) is 1. The molecule has 0 bridgehead atoms. The van der Waals surface area contributed by atoms with E-state index in [0.717, 1.165) is 5.56 Å². The number of carbonyl (C=O) groups is 3. The highest BCUT2D eigenvalue weighted by Gasteiger charge is 2.19. The van der Waals surface area contributed by atoms with Crippen molar-refractivity contribution in [1.29, 1.82) is 0 Å². The molecule has 0 saturated heterocycles. The number of nitrogens with one attached hydrogen (secondary N) is 2. The summed E-state index contributed by atoms with van der Waals surface area (Å²) in [7, 11) is 1.27. The number of anilines is 2. The van der Waals surface area contributed by atoms with Gasteiger partial charge in [-0.1, -0.05) is 54.6 Å². The van der Waals surface area contributed by atoms with E-state index in [1.807, 2.05) is 30.3 Å². The Kier molecular flexibility index (Phi) is 7.13. The molecule has 2 amide bonds. The second-order valence-electron chi connectivity index (χ2n) is 6.82. The van der Waals surface area contributed by atoms with Crippen molar-refractivity contribution in [3.05, 3.63) is 95.6 Å². The predicted octanol–water partition coefficient (Wildman–Crippen LogP) is 3.23. The molecular formula is C24H23N3O4. The number of para-hydroxylation sites is 2. The van der Waals surface area contributed by atoms with Crippen LogP contribution in [0.3, 0.4) is 0 Å². The van der Waals surface area contributed by atoms with Crippen molar-refractivity contribution in [3.8, 4) is 0 Å². The minimum Gasteiger partial charge on any atom is -0.465 e. The highest BCUT2D eigenvalue weighted by Crippen LogP contribution is 2.21. The third-order valence-corrected chi connectivity index (χ3v) is 4.65. The fourth-order valence-electron chi connectivity index (χ4n) is 3.05. The van der Waals surface area contributed by atoms with Gasteiger partial charge in [-0.05, 0) is 36.2 Å². The van der Waals surface area contributed by atoms with Crippen molar-refractivity contribution in [1.82, 2.24) is 0 Å². The molecule has 0 aromatic heterocycles. The fraction of sp³-hybridized carbons (Fsp3) is 0.125. The van der Waals surface area contributed by atoms with Gasteiger partial charge in [0.1, 0.15) is 0 Å². The highest BCUT2D eigenvalue weighted by molar-refractivity contribution is 6.12. The molecule has 3 rings (SSSR count). The number of benzene rings is 3. The van der Waals surface area contributed by atoms with Crippen molar-refractivity contribution >= 4 is 29.2 Å². The number of amides is 2. The second-order valence-corrected chi connectivity index (χ2v) is 6.82. The van der Waals surface area contributed by atoms with Crippen LogP contribution in [0, 0.1) is 0 Å². The van der Waals surface area contributed by atoms with Crippen molar-refractivity contribution < 1.29 is 19.1 Å². The van der Waals surface area contributed by atoms with E-state index < -0.39 is 23.8 Å². The Morgan fingerprint density at radius 2 is 1.35 bits per heavy atom. The first-order valence-electron chi connectivity index (χ1n) is 9.67. The van der Waals surface area contributed by atoms with Crippen molar-refractivity contribution in [2.45, 2.75) is 12.5 Å². The lowest BCUT2D eigenvalue weighted by Crippen LogP contribution is -2.37. The van der Waals surface area contributed by atoms with Crippen molar-refractivity contribution in [3.63, 3.8) is 0 Å². The van der Waals surface area contributed by atoms with Crippen LogP contribution >= 0.6 is 0 Å². The molecule has 0 aliphatic carbocycles. The average Bonchev–Trinajstić information content (AvgIpc) is 2.79. The van der Waals surface area contributed by atoms with Crippen LogP contribution in [0.15, 0.2) is 78.9 Å². The second kappa shape index (κ2) is 10.2. The molecule has 0 unspecified atom stereocenters. The van der Waals surface area contributed by atoms with E-state index in [1.54, 1.807) is 48.5 Å². The number of hydrogen-bond donors (Lipinski definition) is 3. The third-order valence-electron chi connectivity index (χ3n) is 4.65. The van der Waals surface area contributed by atoms with Gasteiger partial charge in [0.2, 0.25) is 5.91 Å². The first-order chi connectivity index (χ1) is 15.0. The maximum Gasteiger partial charge on any atom is 0.339 e. The molecule has 0 aliphatic heterocycles. The summed E-state index contributed by atoms with van der Waals surface area (Å²) in [6.45, 7) is 0. The zero-order valence-electron chi connectivity index (χ0n) is 17.0. The van der Waals surface area contributed by atoms with Gasteiger partial charge in [0.05, 0.1) is 35.7 Å². The topological polar surface area (TPSA) is 111 Å². The van der Waals surface area contributed by atoms with Crippen LogP contribution in [0.2, 0.25) is 0 Å². The van der Waals surface area contributed by atoms with Crippen LogP contribution in [-0.4, -0.2) is 30.9 Å². The van der Waals surface area contributed by atoms with E-state index in [4.69, 9.17) is 10.5 Å². The maximum absolute atomic E-state index is 12.9. The maximum atomic E-state index is 12.9. The van der Waals surface area contributed by atoms with Gasteiger partial charge in [0.25, 0.3) is 5.91 Å². The smallest absolute Gasteiger partial charge is 0.339 e. The molecule has 0 heterocycles. The van der Waals surface area contributed by atoms with E-state index in [1.165, 1.54) is 7.11 Å². The van der Waals surface area contributed by atoms with Crippen LogP contribution in [0.1, 0.15) is 26.3 Å². The molecule has 158 valence electrons. The molecule has 0 fully saturated rings. The fourth-order valence-corrected chi connectivity index (χ4v) is 3.05. The monoisotopic (exact) mass is 417 g/mol. The minimum atomic E-state index is -0.779. The predicted molar refractivity (Wildman–Crippen MR) is 119 cm³/mol. The first kappa shape index (κ1) is 21.7. The number of nitrogens with two attached hydrogens (primary N) is 1. The molecule has 31 heavy (non-hydrogen) atoms. The lowest BCUT2D eigenvalue weighted by Gasteiger charge is -2.15. The van der Waals surface area contributed by atoms with Gasteiger partial charge >= 0.3 is 5.97 Å². The van der Waals surface area contributed by atoms with E-state index in [9.17, 15) is 14.4 Å². The van der Waals surface area contributed by atoms with Crippen molar-refractivity contribution in [2.24, 2.45) is 5.73 Å². The van der Waals surface area contributed by atoms with Gasteiger partial charge in [0, 0.05) is 0 Å². The van der Waals surface area contributed by atoms with Gasteiger partial charge in [-0.15, -0.1) is 0 Å². The Labute approximate surface area is 180 Å². The van der Waals surface area contributed by atoms with Gasteiger partial charge < -0.3 is 21.1 Å². The molecular weight excluding hydrogens is 394 g/mol. The normalized spacial score (nSPS) is 11.3. The molecule has 0 saturated carbocycles. The molecule has 7 heteroatoms. The van der Waals surface area contributed by atoms with Gasteiger partial charge in [0.15, 0.2) is 0 Å². The van der Waals surface area contributed by atoms with Gasteiger partial charge in [-0.3, -0.25) is 9.59 Å². The summed E-state index contributed by atoms with van der Waals surface area (Å²) in [6, 6.07) is 21.8. The lowest BCUT2D eigenvalue weighted by molar-refractivity contribution is -0.117. The Bertz CT molecular complexity index is 1080. The summed E-state index contributed by atoms with van der Waals surface area (Å²) in [5.74, 6) is -1.45. The molecule has 4 N–H and O–H groups in total. The van der Waals surface area contributed by atoms with Crippen LogP contribution in [0.4, 0.5) is 11.4 Å². The molecule has 3 aromatic carbocycles. The van der Waals surface area contributed by atoms with E-state index in [2.05, 4.69) is 10.6 Å². The van der Waals surface area contributed by atoms with Gasteiger partial charge in [-0.25, -0.2) is 4.79 Å². The van der Waals surface area contributed by atoms with E-state index in [0.29, 0.717) is 17.8 Å².